The smallest absolute Gasteiger partial charge is 0.414 e. The van der Waals surface area contributed by atoms with Crippen molar-refractivity contribution in [3.05, 3.63) is 53.3 Å². The minimum absolute atomic E-state index is 0.0419. The zero-order chi connectivity index (χ0) is 23.0. The molecule has 1 atom stereocenters. The Balaban J connectivity index is 0.000000501. The second-order valence-corrected chi connectivity index (χ2v) is 7.33. The summed E-state index contributed by atoms with van der Waals surface area (Å²) in [6, 6.07) is 11.7. The summed E-state index contributed by atoms with van der Waals surface area (Å²) in [6.07, 6.45) is 0.546. The maximum atomic E-state index is 13.4. The van der Waals surface area contributed by atoms with Crippen molar-refractivity contribution in [1.29, 1.82) is 0 Å². The van der Waals surface area contributed by atoms with Gasteiger partial charge in [0.05, 0.1) is 17.3 Å². The minimum atomic E-state index is -1.82. The predicted molar refractivity (Wildman–Crippen MR) is 113 cm³/mol. The molecule has 2 aromatic carbocycles. The van der Waals surface area contributed by atoms with Gasteiger partial charge in [0.1, 0.15) is 5.82 Å². The number of para-hydroxylation sites is 1. The molecule has 1 saturated heterocycles. The molecule has 3 rings (SSSR count). The van der Waals surface area contributed by atoms with Crippen LogP contribution in [0.4, 0.5) is 14.9 Å². The fourth-order valence-corrected chi connectivity index (χ4v) is 3.19. The topological polar surface area (TPSA) is 116 Å². The van der Waals surface area contributed by atoms with Crippen molar-refractivity contribution < 1.29 is 33.7 Å². The van der Waals surface area contributed by atoms with Crippen LogP contribution in [0.3, 0.4) is 0 Å². The molecule has 3 N–H and O–H groups in total. The summed E-state index contributed by atoms with van der Waals surface area (Å²) in [5.41, 5.74) is 2.07. The molecule has 0 unspecified atom stereocenters. The molecule has 0 radical (unpaired) electrons. The summed E-state index contributed by atoms with van der Waals surface area (Å²) < 4.78 is 18.7. The minimum Gasteiger partial charge on any atom is -0.473 e. The van der Waals surface area contributed by atoms with Gasteiger partial charge in [-0.05, 0) is 43.8 Å². The SMILES string of the molecule is CN1CC[C@@H](COC(=O)Nc2ccccc2-c2ccc(F)c(Cl)c2)C1.O=C(O)C(=O)O. The molecule has 1 aliphatic heterocycles. The number of hydrogen-bond donors (Lipinski definition) is 3. The summed E-state index contributed by atoms with van der Waals surface area (Å²) in [5, 5.41) is 17.6. The molecule has 0 saturated carbocycles. The largest absolute Gasteiger partial charge is 0.473 e. The maximum Gasteiger partial charge on any atom is 0.414 e. The summed E-state index contributed by atoms with van der Waals surface area (Å²) >= 11 is 5.86. The number of halogens is 2. The van der Waals surface area contributed by atoms with Gasteiger partial charge in [0.25, 0.3) is 0 Å². The fourth-order valence-electron chi connectivity index (χ4n) is 3.01. The molecule has 0 aromatic heterocycles. The predicted octanol–water partition coefficient (Wildman–Crippen LogP) is 3.80. The number of hydrogen-bond acceptors (Lipinski definition) is 5. The van der Waals surface area contributed by atoms with Crippen LogP contribution < -0.4 is 5.32 Å². The summed E-state index contributed by atoms with van der Waals surface area (Å²) in [7, 11) is 2.06. The van der Waals surface area contributed by atoms with Crippen LogP contribution in [-0.2, 0) is 14.3 Å². The quantitative estimate of drug-likeness (QED) is 0.604. The number of nitrogens with one attached hydrogen (secondary N) is 1. The molecule has 2 aromatic rings. The molecular formula is C21H22ClFN2O6. The Morgan fingerprint density at radius 2 is 1.87 bits per heavy atom. The van der Waals surface area contributed by atoms with Crippen molar-refractivity contribution in [2.24, 2.45) is 5.92 Å². The van der Waals surface area contributed by atoms with E-state index >= 15 is 0 Å². The van der Waals surface area contributed by atoms with E-state index in [4.69, 9.17) is 36.1 Å². The lowest BCUT2D eigenvalue weighted by Crippen LogP contribution is -2.21. The lowest BCUT2D eigenvalue weighted by Gasteiger charge is -2.14. The third-order valence-corrected chi connectivity index (χ3v) is 4.81. The highest BCUT2D eigenvalue weighted by Gasteiger charge is 2.21. The highest BCUT2D eigenvalue weighted by molar-refractivity contribution is 6.31. The molecule has 166 valence electrons. The molecule has 1 amide bonds. The molecule has 0 spiro atoms. The van der Waals surface area contributed by atoms with Crippen LogP contribution >= 0.6 is 11.6 Å². The second-order valence-electron chi connectivity index (χ2n) is 6.93. The monoisotopic (exact) mass is 452 g/mol. The van der Waals surface area contributed by atoms with Gasteiger partial charge in [0, 0.05) is 18.0 Å². The summed E-state index contributed by atoms with van der Waals surface area (Å²) in [5.74, 6) is -3.75. The summed E-state index contributed by atoms with van der Waals surface area (Å²) in [4.78, 5) is 32.5. The highest BCUT2D eigenvalue weighted by atomic mass is 35.5. The van der Waals surface area contributed by atoms with E-state index in [9.17, 15) is 9.18 Å². The van der Waals surface area contributed by atoms with Crippen LogP contribution in [0.5, 0.6) is 0 Å². The van der Waals surface area contributed by atoms with E-state index in [1.54, 1.807) is 12.1 Å². The van der Waals surface area contributed by atoms with E-state index < -0.39 is 23.8 Å². The first-order valence-corrected chi connectivity index (χ1v) is 9.68. The van der Waals surface area contributed by atoms with Gasteiger partial charge < -0.3 is 19.8 Å². The number of carbonyl (C=O) groups is 3. The van der Waals surface area contributed by atoms with Crippen LogP contribution in [0.15, 0.2) is 42.5 Å². The average molecular weight is 453 g/mol. The zero-order valence-corrected chi connectivity index (χ0v) is 17.4. The number of carboxylic acid groups (broad SMARTS) is 2. The number of ether oxygens (including phenoxy) is 1. The Hall–Kier alpha value is -3.17. The number of rotatable bonds is 4. The van der Waals surface area contributed by atoms with Crippen molar-refractivity contribution in [3.63, 3.8) is 0 Å². The van der Waals surface area contributed by atoms with Gasteiger partial charge in [-0.1, -0.05) is 35.9 Å². The molecule has 0 aliphatic carbocycles. The number of carbonyl (C=O) groups excluding carboxylic acids is 1. The Morgan fingerprint density at radius 1 is 1.19 bits per heavy atom. The van der Waals surface area contributed by atoms with Gasteiger partial charge >= 0.3 is 18.0 Å². The Labute approximate surface area is 183 Å². The molecular weight excluding hydrogens is 431 g/mol. The lowest BCUT2D eigenvalue weighted by molar-refractivity contribution is -0.159. The molecule has 8 nitrogen and oxygen atoms in total. The van der Waals surface area contributed by atoms with E-state index in [2.05, 4.69) is 17.3 Å². The van der Waals surface area contributed by atoms with E-state index in [0.29, 0.717) is 18.2 Å². The van der Waals surface area contributed by atoms with Crippen molar-refractivity contribution >= 4 is 35.3 Å². The van der Waals surface area contributed by atoms with Crippen LogP contribution in [0.2, 0.25) is 5.02 Å². The van der Waals surface area contributed by atoms with Gasteiger partial charge in [-0.25, -0.2) is 18.8 Å². The normalized spacial score (nSPS) is 15.5. The number of anilines is 1. The van der Waals surface area contributed by atoms with Crippen LogP contribution in [0.1, 0.15) is 6.42 Å². The molecule has 1 fully saturated rings. The first-order chi connectivity index (χ1) is 14.7. The number of amides is 1. The number of benzene rings is 2. The van der Waals surface area contributed by atoms with Crippen molar-refractivity contribution in [1.82, 2.24) is 4.90 Å². The maximum absolute atomic E-state index is 13.4. The van der Waals surface area contributed by atoms with Crippen LogP contribution in [-0.4, -0.2) is 59.9 Å². The van der Waals surface area contributed by atoms with Gasteiger partial charge in [-0.3, -0.25) is 5.32 Å². The number of likely N-dealkylation sites (tertiary alicyclic amines) is 1. The van der Waals surface area contributed by atoms with Crippen LogP contribution in [0, 0.1) is 11.7 Å². The third kappa shape index (κ3) is 7.54. The Kier molecular flexibility index (Phi) is 8.77. The zero-order valence-electron chi connectivity index (χ0n) is 16.7. The van der Waals surface area contributed by atoms with Gasteiger partial charge in [-0.15, -0.1) is 0 Å². The van der Waals surface area contributed by atoms with Crippen molar-refractivity contribution in [2.75, 3.05) is 32.1 Å². The van der Waals surface area contributed by atoms with Crippen molar-refractivity contribution in [2.45, 2.75) is 6.42 Å². The van der Waals surface area contributed by atoms with Gasteiger partial charge in [0.15, 0.2) is 0 Å². The van der Waals surface area contributed by atoms with E-state index in [1.807, 2.05) is 18.2 Å². The number of carboxylic acids is 2. The van der Waals surface area contributed by atoms with Gasteiger partial charge in [0.2, 0.25) is 0 Å². The number of nitrogens with zero attached hydrogens (tertiary/aromatic N) is 1. The Bertz CT molecular complexity index is 943. The number of aliphatic carboxylic acids is 2. The standard InChI is InChI=1S/C19H20ClFN2O2.C2H2O4/c1-23-9-8-13(11-23)12-25-19(24)22-18-5-3-2-4-15(18)14-6-7-17(21)16(20)10-14;3-1(4)2(5)6/h2-7,10,13H,8-9,11-12H2,1H3,(H,22,24);(H,3,4)(H,5,6)/t13-;/m1./s1. The van der Waals surface area contributed by atoms with Gasteiger partial charge in [-0.2, -0.15) is 0 Å². The fraction of sp³-hybridized carbons (Fsp3) is 0.286. The van der Waals surface area contributed by atoms with Crippen LogP contribution in [0.25, 0.3) is 11.1 Å². The first kappa shape index (κ1) is 24.1. The Morgan fingerprint density at radius 3 is 2.45 bits per heavy atom. The highest BCUT2D eigenvalue weighted by Crippen LogP contribution is 2.30. The second kappa shape index (κ2) is 11.3. The molecule has 31 heavy (non-hydrogen) atoms. The lowest BCUT2D eigenvalue weighted by atomic mass is 10.0. The molecule has 0 bridgehead atoms. The molecule has 1 heterocycles. The van der Waals surface area contributed by atoms with Crippen molar-refractivity contribution in [3.8, 4) is 11.1 Å². The molecule has 1 aliphatic rings. The van der Waals surface area contributed by atoms with E-state index in [1.165, 1.54) is 12.1 Å². The third-order valence-electron chi connectivity index (χ3n) is 4.52. The average Bonchev–Trinajstić information content (AvgIpc) is 3.14. The molecule has 10 heteroatoms. The first-order valence-electron chi connectivity index (χ1n) is 9.30. The van der Waals surface area contributed by atoms with E-state index in [0.717, 1.165) is 30.6 Å². The summed E-state index contributed by atoms with van der Waals surface area (Å²) in [6.45, 7) is 2.38. The van der Waals surface area contributed by atoms with E-state index in [-0.39, 0.29) is 5.02 Å².